The maximum absolute atomic E-state index is 13.5. The number of fused-ring (bicyclic) bond motifs is 1. The average molecular weight is 415 g/mol. The summed E-state index contributed by atoms with van der Waals surface area (Å²) in [5.41, 5.74) is 0. The highest BCUT2D eigenvalue weighted by molar-refractivity contribution is 5.92. The Morgan fingerprint density at radius 3 is 2.67 bits per heavy atom. The van der Waals surface area contributed by atoms with Crippen molar-refractivity contribution in [2.24, 2.45) is 0 Å². The first-order valence-corrected chi connectivity index (χ1v) is 10.7. The van der Waals surface area contributed by atoms with Gasteiger partial charge in [0.05, 0.1) is 12.6 Å². The number of alkyl halides is 2. The van der Waals surface area contributed by atoms with Crippen molar-refractivity contribution in [3.8, 4) is 0 Å². The van der Waals surface area contributed by atoms with E-state index in [2.05, 4.69) is 32.2 Å². The number of anilines is 1. The molecule has 1 aromatic carbocycles. The lowest BCUT2D eigenvalue weighted by molar-refractivity contribution is -0.133. The van der Waals surface area contributed by atoms with Gasteiger partial charge in [0.1, 0.15) is 5.82 Å². The van der Waals surface area contributed by atoms with Crippen molar-refractivity contribution in [1.82, 2.24) is 20.1 Å². The van der Waals surface area contributed by atoms with Gasteiger partial charge >= 0.3 is 0 Å². The monoisotopic (exact) mass is 415 g/mol. The molecule has 8 heteroatoms. The topological polar surface area (TPSA) is 51.7 Å². The third-order valence-corrected chi connectivity index (χ3v) is 6.67. The third-order valence-electron chi connectivity index (χ3n) is 6.67. The Bertz CT molecular complexity index is 925. The number of nitrogens with one attached hydrogen (secondary N) is 1. The summed E-state index contributed by atoms with van der Waals surface area (Å²) >= 11 is 0. The maximum Gasteiger partial charge on any atom is 0.267 e. The summed E-state index contributed by atoms with van der Waals surface area (Å²) in [7, 11) is 0. The minimum absolute atomic E-state index is 0.158. The number of amides is 1. The Kier molecular flexibility index (Phi) is 5.06. The SMILES string of the molecule is O=C([C@@H]1C[C@H](N2CCN(c3nccc4ccccc34)CC2)CN1)N1CCC(F)(F)C1. The lowest BCUT2D eigenvalue weighted by atomic mass is 10.1. The number of halogens is 2. The number of nitrogens with zero attached hydrogens (tertiary/aromatic N) is 4. The number of likely N-dealkylation sites (tertiary alicyclic amines) is 1. The molecule has 3 saturated heterocycles. The first-order valence-electron chi connectivity index (χ1n) is 10.7. The highest BCUT2D eigenvalue weighted by Gasteiger charge is 2.43. The van der Waals surface area contributed by atoms with Crippen molar-refractivity contribution < 1.29 is 13.6 Å². The molecule has 1 N–H and O–H groups in total. The molecule has 6 nitrogen and oxygen atoms in total. The van der Waals surface area contributed by atoms with Crippen LogP contribution in [0.4, 0.5) is 14.6 Å². The zero-order valence-corrected chi connectivity index (χ0v) is 16.9. The second-order valence-corrected chi connectivity index (χ2v) is 8.59. The molecule has 30 heavy (non-hydrogen) atoms. The summed E-state index contributed by atoms with van der Waals surface area (Å²) < 4.78 is 26.9. The van der Waals surface area contributed by atoms with Crippen LogP contribution < -0.4 is 10.2 Å². The van der Waals surface area contributed by atoms with E-state index in [-0.39, 0.29) is 31.0 Å². The van der Waals surface area contributed by atoms with E-state index >= 15 is 0 Å². The van der Waals surface area contributed by atoms with Crippen LogP contribution in [0.15, 0.2) is 36.5 Å². The van der Waals surface area contributed by atoms with E-state index in [0.29, 0.717) is 6.42 Å². The number of pyridine rings is 1. The number of hydrogen-bond donors (Lipinski definition) is 1. The molecule has 0 bridgehead atoms. The first-order chi connectivity index (χ1) is 14.5. The molecule has 2 aromatic rings. The molecule has 1 aromatic heterocycles. The van der Waals surface area contributed by atoms with Crippen molar-refractivity contribution in [2.45, 2.75) is 30.8 Å². The minimum Gasteiger partial charge on any atom is -0.354 e. The van der Waals surface area contributed by atoms with Crippen molar-refractivity contribution in [2.75, 3.05) is 50.7 Å². The summed E-state index contributed by atoms with van der Waals surface area (Å²) in [6.45, 7) is 4.02. The van der Waals surface area contributed by atoms with Gasteiger partial charge in [0.2, 0.25) is 5.91 Å². The fraction of sp³-hybridized carbons (Fsp3) is 0.545. The van der Waals surface area contributed by atoms with E-state index in [4.69, 9.17) is 0 Å². The number of rotatable bonds is 3. The number of piperazine rings is 1. The van der Waals surface area contributed by atoms with Crippen molar-refractivity contribution in [1.29, 1.82) is 0 Å². The highest BCUT2D eigenvalue weighted by atomic mass is 19.3. The van der Waals surface area contributed by atoms with Crippen molar-refractivity contribution in [3.05, 3.63) is 36.5 Å². The normalized spacial score (nSPS) is 27.1. The van der Waals surface area contributed by atoms with Gasteiger partial charge in [-0.1, -0.05) is 24.3 Å². The number of carbonyl (C=O) groups is 1. The van der Waals surface area contributed by atoms with Crippen LogP contribution in [0.3, 0.4) is 0 Å². The lowest BCUT2D eigenvalue weighted by Crippen LogP contribution is -2.51. The van der Waals surface area contributed by atoms with Gasteiger partial charge in [0.25, 0.3) is 5.92 Å². The lowest BCUT2D eigenvalue weighted by Gasteiger charge is -2.38. The zero-order valence-electron chi connectivity index (χ0n) is 16.9. The highest BCUT2D eigenvalue weighted by Crippen LogP contribution is 2.29. The molecule has 0 radical (unpaired) electrons. The largest absolute Gasteiger partial charge is 0.354 e. The number of hydrogen-bond acceptors (Lipinski definition) is 5. The fourth-order valence-electron chi connectivity index (χ4n) is 4.98. The Hall–Kier alpha value is -2.32. The standard InChI is InChI=1S/C22H27F2N5O/c23-22(24)6-8-29(15-22)21(30)19-13-17(14-26-19)27-9-11-28(12-10-27)20-18-4-2-1-3-16(18)5-7-25-20/h1-5,7,17,19,26H,6,8-15H2/t17-,19-/m0/s1. The molecule has 2 atom stereocenters. The van der Waals surface area contributed by atoms with Gasteiger partial charge in [-0.3, -0.25) is 9.69 Å². The Morgan fingerprint density at radius 2 is 1.90 bits per heavy atom. The predicted molar refractivity (Wildman–Crippen MR) is 112 cm³/mol. The van der Waals surface area contributed by atoms with Crippen LogP contribution in [0.25, 0.3) is 10.8 Å². The Morgan fingerprint density at radius 1 is 1.10 bits per heavy atom. The van der Waals surface area contributed by atoms with E-state index in [1.165, 1.54) is 15.7 Å². The van der Waals surface area contributed by atoms with Gasteiger partial charge in [0.15, 0.2) is 0 Å². The quantitative estimate of drug-likeness (QED) is 0.831. The summed E-state index contributed by atoms with van der Waals surface area (Å²) in [4.78, 5) is 23.3. The zero-order chi connectivity index (χ0) is 20.7. The molecular formula is C22H27F2N5O. The van der Waals surface area contributed by atoms with Crippen LogP contribution in [0.5, 0.6) is 0 Å². The van der Waals surface area contributed by atoms with Crippen LogP contribution in [0, 0.1) is 0 Å². The fourth-order valence-corrected chi connectivity index (χ4v) is 4.98. The maximum atomic E-state index is 13.5. The Balaban J connectivity index is 1.18. The molecule has 0 aliphatic carbocycles. The molecule has 3 fully saturated rings. The molecule has 0 unspecified atom stereocenters. The molecule has 4 heterocycles. The average Bonchev–Trinajstić information content (AvgIpc) is 3.40. The molecule has 0 spiro atoms. The van der Waals surface area contributed by atoms with Crippen LogP contribution in [-0.2, 0) is 4.79 Å². The van der Waals surface area contributed by atoms with Gasteiger partial charge in [-0.05, 0) is 17.9 Å². The summed E-state index contributed by atoms with van der Waals surface area (Å²) in [6, 6.07) is 10.3. The van der Waals surface area contributed by atoms with Crippen LogP contribution in [-0.4, -0.2) is 84.5 Å². The number of benzene rings is 1. The third kappa shape index (κ3) is 3.74. The molecule has 5 rings (SSSR count). The summed E-state index contributed by atoms with van der Waals surface area (Å²) in [5, 5.41) is 5.64. The van der Waals surface area contributed by atoms with Gasteiger partial charge < -0.3 is 15.1 Å². The van der Waals surface area contributed by atoms with Crippen LogP contribution in [0.2, 0.25) is 0 Å². The predicted octanol–water partition coefficient (Wildman–Crippen LogP) is 1.95. The number of carbonyl (C=O) groups excluding carboxylic acids is 1. The van der Waals surface area contributed by atoms with Gasteiger partial charge in [-0.15, -0.1) is 0 Å². The molecule has 160 valence electrons. The van der Waals surface area contributed by atoms with E-state index in [1.54, 1.807) is 0 Å². The summed E-state index contributed by atoms with van der Waals surface area (Å²) in [5.74, 6) is -1.88. The first kappa shape index (κ1) is 19.6. The van der Waals surface area contributed by atoms with E-state index < -0.39 is 12.5 Å². The van der Waals surface area contributed by atoms with E-state index in [1.807, 2.05) is 24.4 Å². The molecular weight excluding hydrogens is 388 g/mol. The van der Waals surface area contributed by atoms with Gasteiger partial charge in [-0.2, -0.15) is 0 Å². The summed E-state index contributed by atoms with van der Waals surface area (Å²) in [6.07, 6.45) is 2.33. The van der Waals surface area contributed by atoms with Crippen molar-refractivity contribution in [3.63, 3.8) is 0 Å². The Labute approximate surface area is 174 Å². The van der Waals surface area contributed by atoms with Crippen LogP contribution in [0.1, 0.15) is 12.8 Å². The molecule has 0 saturated carbocycles. The van der Waals surface area contributed by atoms with E-state index in [0.717, 1.165) is 38.5 Å². The molecule has 3 aliphatic heterocycles. The smallest absolute Gasteiger partial charge is 0.267 e. The number of aromatic nitrogens is 1. The second kappa shape index (κ2) is 7.74. The van der Waals surface area contributed by atoms with Crippen LogP contribution >= 0.6 is 0 Å². The minimum atomic E-state index is -2.74. The molecule has 3 aliphatic rings. The second-order valence-electron chi connectivity index (χ2n) is 8.59. The van der Waals surface area contributed by atoms with Gasteiger partial charge in [0, 0.05) is 63.3 Å². The molecule has 1 amide bonds. The van der Waals surface area contributed by atoms with Crippen molar-refractivity contribution >= 4 is 22.5 Å². The van der Waals surface area contributed by atoms with Gasteiger partial charge in [-0.25, -0.2) is 13.8 Å². The van der Waals surface area contributed by atoms with E-state index in [9.17, 15) is 13.6 Å².